The molecule has 0 atom stereocenters. The van der Waals surface area contributed by atoms with Gasteiger partial charge in [0.15, 0.2) is 0 Å². The van der Waals surface area contributed by atoms with Gasteiger partial charge in [0.1, 0.15) is 11.6 Å². The van der Waals surface area contributed by atoms with Crippen molar-refractivity contribution in [3.63, 3.8) is 0 Å². The van der Waals surface area contributed by atoms with Crippen LogP contribution >= 0.6 is 27.7 Å². The molecule has 0 aliphatic heterocycles. The second-order valence-corrected chi connectivity index (χ2v) is 6.61. The molecule has 0 aromatic heterocycles. The minimum atomic E-state index is -0.431. The summed E-state index contributed by atoms with van der Waals surface area (Å²) >= 11 is 4.67. The zero-order chi connectivity index (χ0) is 15.2. The Morgan fingerprint density at radius 1 is 1.10 bits per heavy atom. The maximum atomic E-state index is 13.8. The first-order valence-electron chi connectivity index (χ1n) is 6.72. The van der Waals surface area contributed by atoms with Gasteiger partial charge in [-0.1, -0.05) is 40.7 Å². The summed E-state index contributed by atoms with van der Waals surface area (Å²) < 4.78 is 28.0. The van der Waals surface area contributed by atoms with Crippen LogP contribution in [0, 0.1) is 11.6 Å². The van der Waals surface area contributed by atoms with Gasteiger partial charge in [0.25, 0.3) is 0 Å². The SMILES string of the molecule is CCCNCc1ccc(Br)cc1Sc1cc(F)ccc1F. The van der Waals surface area contributed by atoms with E-state index in [2.05, 4.69) is 28.2 Å². The summed E-state index contributed by atoms with van der Waals surface area (Å²) in [7, 11) is 0. The standard InChI is InChI=1S/C16H16BrF2NS/c1-2-7-20-10-11-3-4-12(17)8-15(11)21-16-9-13(18)5-6-14(16)19/h3-6,8-9,20H,2,7,10H2,1H3. The molecule has 21 heavy (non-hydrogen) atoms. The molecule has 0 aliphatic rings. The topological polar surface area (TPSA) is 12.0 Å². The van der Waals surface area contributed by atoms with Crippen molar-refractivity contribution >= 4 is 27.7 Å². The fourth-order valence-corrected chi connectivity index (χ4v) is 3.39. The first-order valence-corrected chi connectivity index (χ1v) is 8.33. The van der Waals surface area contributed by atoms with Crippen molar-refractivity contribution in [1.29, 1.82) is 0 Å². The number of nitrogens with one attached hydrogen (secondary N) is 1. The van der Waals surface area contributed by atoms with Crippen LogP contribution in [0.2, 0.25) is 0 Å². The van der Waals surface area contributed by atoms with E-state index >= 15 is 0 Å². The molecule has 0 unspecified atom stereocenters. The smallest absolute Gasteiger partial charge is 0.137 e. The van der Waals surface area contributed by atoms with Crippen LogP contribution in [0.25, 0.3) is 0 Å². The molecule has 0 saturated carbocycles. The lowest BCUT2D eigenvalue weighted by Gasteiger charge is -2.11. The normalized spacial score (nSPS) is 10.9. The van der Waals surface area contributed by atoms with E-state index in [0.29, 0.717) is 11.4 Å². The molecule has 1 nitrogen and oxygen atoms in total. The van der Waals surface area contributed by atoms with Crippen LogP contribution in [0.4, 0.5) is 8.78 Å². The van der Waals surface area contributed by atoms with Gasteiger partial charge in [0, 0.05) is 15.9 Å². The molecular weight excluding hydrogens is 356 g/mol. The van der Waals surface area contributed by atoms with Crippen molar-refractivity contribution in [1.82, 2.24) is 5.32 Å². The van der Waals surface area contributed by atoms with Gasteiger partial charge in [-0.3, -0.25) is 0 Å². The molecule has 0 heterocycles. The highest BCUT2D eigenvalue weighted by Crippen LogP contribution is 2.34. The second-order valence-electron chi connectivity index (χ2n) is 4.61. The summed E-state index contributed by atoms with van der Waals surface area (Å²) in [6.07, 6.45) is 1.05. The number of halogens is 3. The van der Waals surface area contributed by atoms with Crippen LogP contribution in [-0.2, 0) is 6.54 Å². The second kappa shape index (κ2) is 7.92. The fraction of sp³-hybridized carbons (Fsp3) is 0.250. The lowest BCUT2D eigenvalue weighted by atomic mass is 10.2. The van der Waals surface area contributed by atoms with Crippen molar-refractivity contribution in [3.05, 3.63) is 58.1 Å². The summed E-state index contributed by atoms with van der Waals surface area (Å²) in [6, 6.07) is 9.39. The van der Waals surface area contributed by atoms with Gasteiger partial charge in [-0.2, -0.15) is 0 Å². The van der Waals surface area contributed by atoms with E-state index < -0.39 is 11.6 Å². The molecule has 0 fully saturated rings. The molecule has 2 aromatic rings. The number of hydrogen-bond donors (Lipinski definition) is 1. The van der Waals surface area contributed by atoms with Gasteiger partial charge in [0.2, 0.25) is 0 Å². The highest BCUT2D eigenvalue weighted by Gasteiger charge is 2.10. The molecule has 0 aliphatic carbocycles. The molecule has 2 aromatic carbocycles. The van der Waals surface area contributed by atoms with E-state index in [0.717, 1.165) is 40.0 Å². The Kier molecular flexibility index (Phi) is 6.21. The van der Waals surface area contributed by atoms with E-state index in [1.807, 2.05) is 18.2 Å². The quantitative estimate of drug-likeness (QED) is 0.684. The third-order valence-electron chi connectivity index (χ3n) is 2.88. The maximum Gasteiger partial charge on any atom is 0.137 e. The highest BCUT2D eigenvalue weighted by molar-refractivity contribution is 9.10. The molecule has 0 spiro atoms. The Balaban J connectivity index is 2.25. The van der Waals surface area contributed by atoms with E-state index in [9.17, 15) is 8.78 Å². The lowest BCUT2D eigenvalue weighted by molar-refractivity contribution is 0.577. The maximum absolute atomic E-state index is 13.8. The molecule has 2 rings (SSSR count). The van der Waals surface area contributed by atoms with Crippen molar-refractivity contribution < 1.29 is 8.78 Å². The average molecular weight is 372 g/mol. The molecule has 0 amide bonds. The zero-order valence-electron chi connectivity index (χ0n) is 11.6. The first-order chi connectivity index (χ1) is 10.1. The first kappa shape index (κ1) is 16.5. The van der Waals surface area contributed by atoms with E-state index in [-0.39, 0.29) is 0 Å². The Morgan fingerprint density at radius 3 is 2.67 bits per heavy atom. The van der Waals surface area contributed by atoms with Crippen LogP contribution in [0.3, 0.4) is 0 Å². The Morgan fingerprint density at radius 2 is 1.90 bits per heavy atom. The van der Waals surface area contributed by atoms with E-state index in [4.69, 9.17) is 0 Å². The highest BCUT2D eigenvalue weighted by atomic mass is 79.9. The van der Waals surface area contributed by atoms with Crippen molar-refractivity contribution in [3.8, 4) is 0 Å². The van der Waals surface area contributed by atoms with Crippen LogP contribution in [-0.4, -0.2) is 6.54 Å². The van der Waals surface area contributed by atoms with Gasteiger partial charge in [0.05, 0.1) is 4.90 Å². The predicted octanol–water partition coefficient (Wildman–Crippen LogP) is 5.38. The lowest BCUT2D eigenvalue weighted by Crippen LogP contribution is -2.14. The largest absolute Gasteiger partial charge is 0.313 e. The van der Waals surface area contributed by atoms with Gasteiger partial charge in [-0.15, -0.1) is 0 Å². The third-order valence-corrected chi connectivity index (χ3v) is 4.51. The Hall–Kier alpha value is -0.910. The summed E-state index contributed by atoms with van der Waals surface area (Å²) in [5.41, 5.74) is 1.07. The van der Waals surface area contributed by atoms with E-state index in [1.54, 1.807) is 0 Å². The van der Waals surface area contributed by atoms with E-state index in [1.165, 1.54) is 17.8 Å². The third kappa shape index (κ3) is 4.80. The molecule has 1 N–H and O–H groups in total. The molecule has 0 saturated heterocycles. The summed E-state index contributed by atoms with van der Waals surface area (Å²) in [5.74, 6) is -0.839. The summed E-state index contributed by atoms with van der Waals surface area (Å²) in [6.45, 7) is 3.74. The molecule has 0 bridgehead atoms. The summed E-state index contributed by atoms with van der Waals surface area (Å²) in [4.78, 5) is 1.21. The van der Waals surface area contributed by atoms with Gasteiger partial charge < -0.3 is 5.32 Å². The Bertz CT molecular complexity index is 619. The van der Waals surface area contributed by atoms with Gasteiger partial charge >= 0.3 is 0 Å². The fourth-order valence-electron chi connectivity index (χ4n) is 1.84. The van der Waals surface area contributed by atoms with Crippen molar-refractivity contribution in [2.24, 2.45) is 0 Å². The molecule has 0 radical (unpaired) electrons. The van der Waals surface area contributed by atoms with Gasteiger partial charge in [-0.25, -0.2) is 8.78 Å². The number of benzene rings is 2. The average Bonchev–Trinajstić information content (AvgIpc) is 2.45. The number of rotatable bonds is 6. The van der Waals surface area contributed by atoms with Crippen LogP contribution in [0.15, 0.2) is 50.7 Å². The van der Waals surface area contributed by atoms with Crippen molar-refractivity contribution in [2.45, 2.75) is 29.7 Å². The number of hydrogen-bond acceptors (Lipinski definition) is 2. The molecular formula is C16H16BrF2NS. The Labute approximate surface area is 136 Å². The minimum absolute atomic E-state index is 0.296. The zero-order valence-corrected chi connectivity index (χ0v) is 14.0. The predicted molar refractivity (Wildman–Crippen MR) is 86.6 cm³/mol. The minimum Gasteiger partial charge on any atom is -0.313 e. The monoisotopic (exact) mass is 371 g/mol. The van der Waals surface area contributed by atoms with Crippen LogP contribution in [0.5, 0.6) is 0 Å². The van der Waals surface area contributed by atoms with Crippen molar-refractivity contribution in [2.75, 3.05) is 6.54 Å². The van der Waals surface area contributed by atoms with Crippen LogP contribution < -0.4 is 5.32 Å². The molecule has 112 valence electrons. The molecule has 5 heteroatoms. The van der Waals surface area contributed by atoms with Gasteiger partial charge in [-0.05, 0) is 48.9 Å². The summed E-state index contributed by atoms with van der Waals surface area (Å²) in [5, 5.41) is 3.33. The van der Waals surface area contributed by atoms with Crippen LogP contribution in [0.1, 0.15) is 18.9 Å².